The molecule has 0 amide bonds. The Hall–Kier alpha value is 0.310. The molecule has 2 rings (SSSR count). The Morgan fingerprint density at radius 2 is 1.93 bits per heavy atom. The fraction of sp³-hybridized carbons (Fsp3) is 1.00. The van der Waals surface area contributed by atoms with E-state index in [2.05, 4.69) is 37.8 Å². The molecular weight excluding hydrogens is 190 g/mol. The van der Waals surface area contributed by atoms with Crippen molar-refractivity contribution in [2.75, 3.05) is 0 Å². The Balaban J connectivity index is 1.87. The fourth-order valence-electron chi connectivity index (χ4n) is 2.60. The molecule has 1 aliphatic heterocycles. The minimum Gasteiger partial charge on any atom is -0.301 e. The van der Waals surface area contributed by atoms with Crippen molar-refractivity contribution in [3.63, 3.8) is 0 Å². The van der Waals surface area contributed by atoms with Crippen LogP contribution < -0.4 is 5.32 Å². The molecule has 0 aromatic heterocycles. The zero-order valence-corrected chi connectivity index (χ0v) is 10.5. The van der Waals surface area contributed by atoms with E-state index in [9.17, 15) is 0 Å². The molecule has 2 fully saturated rings. The van der Waals surface area contributed by atoms with Gasteiger partial charge in [0.15, 0.2) is 0 Å². The Labute approximate surface area is 92.4 Å². The van der Waals surface area contributed by atoms with Gasteiger partial charge in [-0.25, -0.2) is 0 Å². The fourth-order valence-corrected chi connectivity index (χ4v) is 4.58. The number of fused-ring (bicyclic) bond motifs is 1. The predicted molar refractivity (Wildman–Crippen MR) is 64.6 cm³/mol. The molecule has 3 atom stereocenters. The molecule has 0 radical (unpaired) electrons. The molecule has 1 aliphatic carbocycles. The van der Waals surface area contributed by atoms with E-state index in [-0.39, 0.29) is 0 Å². The van der Waals surface area contributed by atoms with E-state index < -0.39 is 0 Å². The highest BCUT2D eigenvalue weighted by molar-refractivity contribution is 8.00. The molecule has 0 aromatic rings. The van der Waals surface area contributed by atoms with Crippen LogP contribution in [0.2, 0.25) is 0 Å². The van der Waals surface area contributed by atoms with Gasteiger partial charge in [-0.15, -0.1) is 11.8 Å². The van der Waals surface area contributed by atoms with E-state index in [1.165, 1.54) is 32.1 Å². The zero-order chi connectivity index (χ0) is 10.2. The molecule has 0 spiro atoms. The van der Waals surface area contributed by atoms with Crippen LogP contribution in [0, 0.1) is 5.41 Å². The van der Waals surface area contributed by atoms with Gasteiger partial charge < -0.3 is 5.32 Å². The minimum atomic E-state index is 0.470. The lowest BCUT2D eigenvalue weighted by atomic mass is 9.91. The summed E-state index contributed by atoms with van der Waals surface area (Å²) in [5.41, 5.74) is 0.470. The second-order valence-electron chi connectivity index (χ2n) is 5.99. The van der Waals surface area contributed by atoms with Gasteiger partial charge >= 0.3 is 0 Å². The van der Waals surface area contributed by atoms with Gasteiger partial charge in [-0.1, -0.05) is 33.6 Å². The first-order valence-corrected chi connectivity index (χ1v) is 6.90. The van der Waals surface area contributed by atoms with Crippen molar-refractivity contribution in [1.82, 2.24) is 5.32 Å². The molecule has 1 heterocycles. The van der Waals surface area contributed by atoms with Gasteiger partial charge in [0.25, 0.3) is 0 Å². The highest BCUT2D eigenvalue weighted by atomic mass is 32.2. The second-order valence-corrected chi connectivity index (χ2v) is 7.43. The lowest BCUT2D eigenvalue weighted by Crippen LogP contribution is -2.36. The van der Waals surface area contributed by atoms with Crippen molar-refractivity contribution in [1.29, 1.82) is 0 Å². The lowest BCUT2D eigenvalue weighted by molar-refractivity contribution is 0.331. The highest BCUT2D eigenvalue weighted by Crippen LogP contribution is 2.40. The summed E-state index contributed by atoms with van der Waals surface area (Å²) >= 11 is 2.21. The summed E-state index contributed by atoms with van der Waals surface area (Å²) in [5.74, 6) is 0. The topological polar surface area (TPSA) is 12.0 Å². The van der Waals surface area contributed by atoms with E-state index in [1.807, 2.05) is 0 Å². The van der Waals surface area contributed by atoms with E-state index in [0.717, 1.165) is 16.7 Å². The van der Waals surface area contributed by atoms with Crippen LogP contribution in [0.3, 0.4) is 0 Å². The summed E-state index contributed by atoms with van der Waals surface area (Å²) < 4.78 is 0. The van der Waals surface area contributed by atoms with Crippen LogP contribution in [0.4, 0.5) is 0 Å². The van der Waals surface area contributed by atoms with Gasteiger partial charge in [0, 0.05) is 11.3 Å². The average molecular weight is 213 g/mol. The van der Waals surface area contributed by atoms with Gasteiger partial charge in [0.2, 0.25) is 0 Å². The van der Waals surface area contributed by atoms with E-state index in [1.54, 1.807) is 0 Å². The number of hydrogen-bond donors (Lipinski definition) is 1. The van der Waals surface area contributed by atoms with Crippen LogP contribution in [0.15, 0.2) is 0 Å². The lowest BCUT2D eigenvalue weighted by Gasteiger charge is -2.23. The highest BCUT2D eigenvalue weighted by Gasteiger charge is 2.36. The number of hydrogen-bond acceptors (Lipinski definition) is 2. The molecule has 0 aromatic carbocycles. The monoisotopic (exact) mass is 213 g/mol. The number of thioether (sulfide) groups is 1. The summed E-state index contributed by atoms with van der Waals surface area (Å²) in [7, 11) is 0. The first kappa shape index (κ1) is 10.8. The average Bonchev–Trinajstić information content (AvgIpc) is 2.42. The minimum absolute atomic E-state index is 0.470. The first-order valence-electron chi connectivity index (χ1n) is 5.96. The normalized spacial score (nSPS) is 38.4. The maximum Gasteiger partial charge on any atom is 0.0543 e. The summed E-state index contributed by atoms with van der Waals surface area (Å²) in [6, 6.07) is 0.834. The quantitative estimate of drug-likeness (QED) is 0.716. The molecule has 0 bridgehead atoms. The third kappa shape index (κ3) is 2.66. The van der Waals surface area contributed by atoms with E-state index in [0.29, 0.717) is 5.41 Å². The molecule has 1 saturated heterocycles. The van der Waals surface area contributed by atoms with E-state index >= 15 is 0 Å². The van der Waals surface area contributed by atoms with Crippen LogP contribution in [0.25, 0.3) is 0 Å². The smallest absolute Gasteiger partial charge is 0.0543 e. The molecule has 1 nitrogen and oxygen atoms in total. The van der Waals surface area contributed by atoms with Gasteiger partial charge in [-0.3, -0.25) is 0 Å². The largest absolute Gasteiger partial charge is 0.301 e. The molecule has 3 unspecified atom stereocenters. The van der Waals surface area contributed by atoms with E-state index in [4.69, 9.17) is 0 Å². The zero-order valence-electron chi connectivity index (χ0n) is 9.68. The standard InChI is InChI=1S/C12H23NS/c1-12(2,3)8-11-13-9-6-4-5-7-10(9)14-11/h9-11,13H,4-8H2,1-3H3. The van der Waals surface area contributed by atoms with Crippen molar-refractivity contribution in [2.45, 2.75) is 69.5 Å². The predicted octanol–water partition coefficient (Wildman–Crippen LogP) is 3.40. The Morgan fingerprint density at radius 3 is 2.57 bits per heavy atom. The Kier molecular flexibility index (Phi) is 3.13. The van der Waals surface area contributed by atoms with Crippen LogP contribution in [-0.2, 0) is 0 Å². The summed E-state index contributed by atoms with van der Waals surface area (Å²) in [6.07, 6.45) is 7.07. The Morgan fingerprint density at radius 1 is 1.21 bits per heavy atom. The van der Waals surface area contributed by atoms with Crippen molar-refractivity contribution < 1.29 is 0 Å². The van der Waals surface area contributed by atoms with Crippen LogP contribution in [-0.4, -0.2) is 16.7 Å². The maximum absolute atomic E-state index is 3.81. The third-order valence-corrected chi connectivity index (χ3v) is 4.78. The number of nitrogens with one attached hydrogen (secondary N) is 1. The van der Waals surface area contributed by atoms with Gasteiger partial charge in [0.05, 0.1) is 5.37 Å². The molecular formula is C12H23NS. The van der Waals surface area contributed by atoms with Crippen LogP contribution >= 0.6 is 11.8 Å². The molecule has 1 saturated carbocycles. The molecule has 2 aliphatic rings. The van der Waals surface area contributed by atoms with Crippen LogP contribution in [0.1, 0.15) is 52.9 Å². The Bertz CT molecular complexity index is 183. The number of rotatable bonds is 1. The SMILES string of the molecule is CC(C)(C)CC1NC2CCCCC2S1. The molecule has 2 heteroatoms. The van der Waals surface area contributed by atoms with Gasteiger partial charge in [0.1, 0.15) is 0 Å². The van der Waals surface area contributed by atoms with Crippen molar-refractivity contribution in [3.8, 4) is 0 Å². The maximum atomic E-state index is 3.81. The van der Waals surface area contributed by atoms with Crippen molar-refractivity contribution in [3.05, 3.63) is 0 Å². The molecule has 14 heavy (non-hydrogen) atoms. The summed E-state index contributed by atoms with van der Waals surface area (Å²) in [4.78, 5) is 0. The molecule has 82 valence electrons. The first-order chi connectivity index (χ1) is 6.54. The summed E-state index contributed by atoms with van der Waals surface area (Å²) in [6.45, 7) is 7.03. The third-order valence-electron chi connectivity index (χ3n) is 3.24. The van der Waals surface area contributed by atoms with Gasteiger partial charge in [-0.2, -0.15) is 0 Å². The molecule has 1 N–H and O–H groups in total. The van der Waals surface area contributed by atoms with Crippen molar-refractivity contribution in [2.24, 2.45) is 5.41 Å². The van der Waals surface area contributed by atoms with Crippen molar-refractivity contribution >= 4 is 11.8 Å². The van der Waals surface area contributed by atoms with Gasteiger partial charge in [-0.05, 0) is 24.7 Å². The second kappa shape index (κ2) is 4.05. The van der Waals surface area contributed by atoms with Crippen LogP contribution in [0.5, 0.6) is 0 Å². The summed E-state index contributed by atoms with van der Waals surface area (Å²) in [5, 5.41) is 5.46.